The van der Waals surface area contributed by atoms with Crippen molar-refractivity contribution in [1.82, 2.24) is 5.32 Å². The quantitative estimate of drug-likeness (QED) is 0.756. The molecule has 1 amide bonds. The van der Waals surface area contributed by atoms with Crippen LogP contribution in [0.15, 0.2) is 52.9 Å². The van der Waals surface area contributed by atoms with E-state index in [2.05, 4.69) is 16.3 Å². The summed E-state index contributed by atoms with van der Waals surface area (Å²) in [6.07, 6.45) is 1.78. The molecular weight excluding hydrogens is 340 g/mol. The maximum absolute atomic E-state index is 12.7. The molecule has 0 spiro atoms. The number of methoxy groups -OCH3 is 1. The fraction of sp³-hybridized carbons (Fsp3) is 0.318. The predicted molar refractivity (Wildman–Crippen MR) is 107 cm³/mol. The first-order valence-corrected chi connectivity index (χ1v) is 9.34. The van der Waals surface area contributed by atoms with Crippen molar-refractivity contribution in [1.29, 1.82) is 0 Å². The van der Waals surface area contributed by atoms with Crippen molar-refractivity contribution in [3.63, 3.8) is 0 Å². The van der Waals surface area contributed by atoms with Crippen LogP contribution in [0.25, 0.3) is 11.0 Å². The van der Waals surface area contributed by atoms with Gasteiger partial charge < -0.3 is 19.4 Å². The third-order valence-corrected chi connectivity index (χ3v) is 5.31. The number of anilines is 1. The highest BCUT2D eigenvalue weighted by atomic mass is 16.5. The summed E-state index contributed by atoms with van der Waals surface area (Å²) in [4.78, 5) is 15.0. The number of nitrogens with one attached hydrogen (secondary N) is 1. The van der Waals surface area contributed by atoms with Crippen LogP contribution in [0.1, 0.15) is 29.0 Å². The number of aryl methyl sites for hydroxylation is 1. The third-order valence-electron chi connectivity index (χ3n) is 5.31. The normalized spacial score (nSPS) is 15.1. The first kappa shape index (κ1) is 17.5. The molecule has 2 heterocycles. The lowest BCUT2D eigenvalue weighted by Gasteiger charge is -2.34. The Bertz CT molecular complexity index is 955. The molecule has 0 aliphatic carbocycles. The Morgan fingerprint density at radius 2 is 1.81 bits per heavy atom. The van der Waals surface area contributed by atoms with Gasteiger partial charge in [-0.15, -0.1) is 0 Å². The monoisotopic (exact) mass is 364 g/mol. The van der Waals surface area contributed by atoms with Crippen LogP contribution in [0.3, 0.4) is 0 Å². The molecule has 27 heavy (non-hydrogen) atoms. The minimum absolute atomic E-state index is 0.126. The van der Waals surface area contributed by atoms with Gasteiger partial charge >= 0.3 is 0 Å². The Labute approximate surface area is 158 Å². The van der Waals surface area contributed by atoms with Crippen molar-refractivity contribution in [3.05, 3.63) is 59.9 Å². The van der Waals surface area contributed by atoms with Crippen LogP contribution >= 0.6 is 0 Å². The molecule has 1 aliphatic heterocycles. The second-order valence-corrected chi connectivity index (χ2v) is 6.96. The number of furan rings is 1. The average molecular weight is 364 g/mol. The SMILES string of the molecule is COc1ccccc1N1CCC(NC(=O)c2oc3ccccc3c2C)CC1. The highest BCUT2D eigenvalue weighted by Crippen LogP contribution is 2.30. The van der Waals surface area contributed by atoms with E-state index in [-0.39, 0.29) is 11.9 Å². The van der Waals surface area contributed by atoms with Crippen molar-refractivity contribution >= 4 is 22.6 Å². The molecule has 2 aromatic carbocycles. The maximum atomic E-state index is 12.7. The molecule has 1 aliphatic rings. The van der Waals surface area contributed by atoms with E-state index in [9.17, 15) is 4.79 Å². The highest BCUT2D eigenvalue weighted by molar-refractivity contribution is 5.99. The molecule has 1 aromatic heterocycles. The maximum Gasteiger partial charge on any atom is 0.287 e. The fourth-order valence-electron chi connectivity index (χ4n) is 3.80. The molecule has 0 atom stereocenters. The number of rotatable bonds is 4. The van der Waals surface area contributed by atoms with E-state index in [1.165, 1.54) is 0 Å². The molecule has 1 fully saturated rings. The minimum Gasteiger partial charge on any atom is -0.495 e. The zero-order chi connectivity index (χ0) is 18.8. The summed E-state index contributed by atoms with van der Waals surface area (Å²) in [5, 5.41) is 4.14. The van der Waals surface area contributed by atoms with Gasteiger partial charge in [0, 0.05) is 30.1 Å². The van der Waals surface area contributed by atoms with Gasteiger partial charge in [0.1, 0.15) is 11.3 Å². The second kappa shape index (κ2) is 7.35. The number of fused-ring (bicyclic) bond motifs is 1. The van der Waals surface area contributed by atoms with Gasteiger partial charge in [-0.1, -0.05) is 30.3 Å². The highest BCUT2D eigenvalue weighted by Gasteiger charge is 2.25. The van der Waals surface area contributed by atoms with Crippen LogP contribution in [-0.4, -0.2) is 32.1 Å². The Hall–Kier alpha value is -2.95. The summed E-state index contributed by atoms with van der Waals surface area (Å²) in [5.74, 6) is 1.18. The van der Waals surface area contributed by atoms with E-state index in [4.69, 9.17) is 9.15 Å². The number of ether oxygens (including phenoxy) is 1. The first-order chi connectivity index (χ1) is 13.2. The Morgan fingerprint density at radius 1 is 1.11 bits per heavy atom. The van der Waals surface area contributed by atoms with Gasteiger partial charge in [-0.3, -0.25) is 4.79 Å². The van der Waals surface area contributed by atoms with Crippen molar-refractivity contribution in [2.75, 3.05) is 25.1 Å². The van der Waals surface area contributed by atoms with Gasteiger partial charge in [0.15, 0.2) is 5.76 Å². The average Bonchev–Trinajstić information content (AvgIpc) is 3.05. The summed E-state index contributed by atoms with van der Waals surface area (Å²) in [6, 6.07) is 16.0. The lowest BCUT2D eigenvalue weighted by atomic mass is 10.0. The number of carbonyl (C=O) groups is 1. The fourth-order valence-corrected chi connectivity index (χ4v) is 3.80. The standard InChI is InChI=1S/C22H24N2O3/c1-15-17-7-3-5-9-19(17)27-21(15)22(25)23-16-11-13-24(14-12-16)18-8-4-6-10-20(18)26-2/h3-10,16H,11-14H2,1-2H3,(H,23,25). The van der Waals surface area contributed by atoms with E-state index in [1.54, 1.807) is 7.11 Å². The van der Waals surface area contributed by atoms with Crippen molar-refractivity contribution in [3.8, 4) is 5.75 Å². The lowest BCUT2D eigenvalue weighted by Crippen LogP contribution is -2.44. The molecular formula is C22H24N2O3. The molecule has 140 valence electrons. The van der Waals surface area contributed by atoms with E-state index >= 15 is 0 Å². The van der Waals surface area contributed by atoms with Crippen LogP contribution in [0.4, 0.5) is 5.69 Å². The summed E-state index contributed by atoms with van der Waals surface area (Å²) in [6.45, 7) is 3.69. The van der Waals surface area contributed by atoms with Crippen LogP contribution in [0.5, 0.6) is 5.75 Å². The van der Waals surface area contributed by atoms with Gasteiger partial charge in [0.05, 0.1) is 12.8 Å². The smallest absolute Gasteiger partial charge is 0.287 e. The zero-order valence-electron chi connectivity index (χ0n) is 15.7. The van der Waals surface area contributed by atoms with Crippen LogP contribution in [0.2, 0.25) is 0 Å². The molecule has 1 N–H and O–H groups in total. The van der Waals surface area contributed by atoms with Gasteiger partial charge in [0.2, 0.25) is 0 Å². The topological polar surface area (TPSA) is 54.7 Å². The Balaban J connectivity index is 1.41. The summed E-state index contributed by atoms with van der Waals surface area (Å²) >= 11 is 0. The van der Waals surface area contributed by atoms with Crippen LogP contribution in [-0.2, 0) is 0 Å². The molecule has 5 nitrogen and oxygen atoms in total. The molecule has 3 aromatic rings. The molecule has 0 unspecified atom stereocenters. The summed E-state index contributed by atoms with van der Waals surface area (Å²) < 4.78 is 11.2. The predicted octanol–water partition coefficient (Wildman–Crippen LogP) is 4.15. The number of hydrogen-bond donors (Lipinski definition) is 1. The molecule has 0 radical (unpaired) electrons. The number of benzene rings is 2. The van der Waals surface area contributed by atoms with E-state index in [0.717, 1.165) is 53.9 Å². The number of nitrogens with zero attached hydrogens (tertiary/aromatic N) is 1. The third kappa shape index (κ3) is 3.37. The Morgan fingerprint density at radius 3 is 2.56 bits per heavy atom. The van der Waals surface area contributed by atoms with E-state index < -0.39 is 0 Å². The van der Waals surface area contributed by atoms with Crippen LogP contribution in [0, 0.1) is 6.92 Å². The molecule has 1 saturated heterocycles. The number of hydrogen-bond acceptors (Lipinski definition) is 4. The molecule has 5 heteroatoms. The van der Waals surface area contributed by atoms with Crippen molar-refractivity contribution in [2.24, 2.45) is 0 Å². The number of piperidine rings is 1. The van der Waals surface area contributed by atoms with Crippen LogP contribution < -0.4 is 15.0 Å². The molecule has 0 bridgehead atoms. The minimum atomic E-state index is -0.126. The number of para-hydroxylation sites is 3. The Kier molecular flexibility index (Phi) is 4.75. The van der Waals surface area contributed by atoms with Crippen molar-refractivity contribution < 1.29 is 13.9 Å². The van der Waals surface area contributed by atoms with Gasteiger partial charge in [0.25, 0.3) is 5.91 Å². The van der Waals surface area contributed by atoms with E-state index in [0.29, 0.717) is 5.76 Å². The second-order valence-electron chi connectivity index (χ2n) is 6.96. The summed E-state index contributed by atoms with van der Waals surface area (Å²) in [5.41, 5.74) is 2.76. The lowest BCUT2D eigenvalue weighted by molar-refractivity contribution is 0.0904. The van der Waals surface area contributed by atoms with Gasteiger partial charge in [-0.2, -0.15) is 0 Å². The number of carbonyl (C=O) groups excluding carboxylic acids is 1. The van der Waals surface area contributed by atoms with Crippen molar-refractivity contribution in [2.45, 2.75) is 25.8 Å². The summed E-state index contributed by atoms with van der Waals surface area (Å²) in [7, 11) is 1.70. The number of amides is 1. The zero-order valence-corrected chi connectivity index (χ0v) is 15.7. The first-order valence-electron chi connectivity index (χ1n) is 9.34. The molecule has 4 rings (SSSR count). The van der Waals surface area contributed by atoms with Gasteiger partial charge in [-0.05, 0) is 38.0 Å². The van der Waals surface area contributed by atoms with E-state index in [1.807, 2.05) is 49.4 Å². The van der Waals surface area contributed by atoms with Gasteiger partial charge in [-0.25, -0.2) is 0 Å². The molecule has 0 saturated carbocycles. The largest absolute Gasteiger partial charge is 0.495 e.